The molecular formula is C17H14N2O4S. The molecule has 1 aromatic carbocycles. The zero-order chi connectivity index (χ0) is 16.9. The first kappa shape index (κ1) is 16.1. The number of anilines is 1. The van der Waals surface area contributed by atoms with Crippen LogP contribution < -0.4 is 4.90 Å². The number of aliphatic carboxylic acids is 1. The maximum absolute atomic E-state index is 12.1. The zero-order valence-electron chi connectivity index (χ0n) is 12.6. The third-order valence-corrected chi connectivity index (χ3v) is 4.28. The van der Waals surface area contributed by atoms with Crippen molar-refractivity contribution in [3.8, 4) is 0 Å². The molecule has 7 heteroatoms. The minimum atomic E-state index is -0.905. The van der Waals surface area contributed by atoms with Crippen molar-refractivity contribution < 1.29 is 19.1 Å². The molecule has 1 aromatic heterocycles. The summed E-state index contributed by atoms with van der Waals surface area (Å²) in [7, 11) is 0. The van der Waals surface area contributed by atoms with Gasteiger partial charge in [-0.2, -0.15) is 4.99 Å². The lowest BCUT2D eigenvalue weighted by atomic mass is 10.3. The summed E-state index contributed by atoms with van der Waals surface area (Å²) in [6, 6.07) is 12.8. The van der Waals surface area contributed by atoms with E-state index >= 15 is 0 Å². The Morgan fingerprint density at radius 2 is 2.04 bits per heavy atom. The van der Waals surface area contributed by atoms with E-state index < -0.39 is 5.97 Å². The summed E-state index contributed by atoms with van der Waals surface area (Å²) in [5.74, 6) is -0.695. The van der Waals surface area contributed by atoms with Crippen LogP contribution in [0.25, 0.3) is 6.08 Å². The first-order valence-corrected chi connectivity index (χ1v) is 8.05. The second-order valence-corrected chi connectivity index (χ2v) is 5.97. The van der Waals surface area contributed by atoms with E-state index in [4.69, 9.17) is 9.52 Å². The molecule has 0 saturated heterocycles. The fourth-order valence-electron chi connectivity index (χ4n) is 2.17. The second kappa shape index (κ2) is 7.18. The van der Waals surface area contributed by atoms with Gasteiger partial charge in [-0.1, -0.05) is 18.2 Å². The van der Waals surface area contributed by atoms with E-state index in [1.807, 2.05) is 30.3 Å². The number of benzene rings is 1. The second-order valence-electron chi connectivity index (χ2n) is 4.96. The highest BCUT2D eigenvalue weighted by molar-refractivity contribution is 8.18. The highest BCUT2D eigenvalue weighted by atomic mass is 32.2. The van der Waals surface area contributed by atoms with Crippen LogP contribution in [0.15, 0.2) is 63.0 Å². The summed E-state index contributed by atoms with van der Waals surface area (Å²) >= 11 is 1.21. The van der Waals surface area contributed by atoms with Crippen LogP contribution in [0, 0.1) is 0 Å². The fourth-order valence-corrected chi connectivity index (χ4v) is 3.11. The molecule has 0 saturated carbocycles. The van der Waals surface area contributed by atoms with E-state index in [9.17, 15) is 9.59 Å². The SMILES string of the molecule is O=C(O)CCN(C1=NC(=O)/C(=C/c2ccco2)S1)c1ccccc1. The van der Waals surface area contributed by atoms with Crippen LogP contribution in [0.5, 0.6) is 0 Å². The first-order valence-electron chi connectivity index (χ1n) is 7.24. The van der Waals surface area contributed by atoms with Gasteiger partial charge in [-0.05, 0) is 36.0 Å². The molecule has 1 aliphatic heterocycles. The van der Waals surface area contributed by atoms with E-state index in [1.165, 1.54) is 18.0 Å². The van der Waals surface area contributed by atoms with Crippen molar-refractivity contribution >= 4 is 40.6 Å². The van der Waals surface area contributed by atoms with Gasteiger partial charge in [0.15, 0.2) is 5.17 Å². The van der Waals surface area contributed by atoms with Gasteiger partial charge in [0.1, 0.15) is 5.76 Å². The largest absolute Gasteiger partial charge is 0.481 e. The van der Waals surface area contributed by atoms with Crippen molar-refractivity contribution in [2.24, 2.45) is 4.99 Å². The van der Waals surface area contributed by atoms with Gasteiger partial charge in [0.25, 0.3) is 5.91 Å². The van der Waals surface area contributed by atoms with Crippen LogP contribution in [0.3, 0.4) is 0 Å². The van der Waals surface area contributed by atoms with Gasteiger partial charge in [0.2, 0.25) is 0 Å². The van der Waals surface area contributed by atoms with Crippen molar-refractivity contribution in [1.82, 2.24) is 0 Å². The molecule has 0 spiro atoms. The van der Waals surface area contributed by atoms with E-state index in [-0.39, 0.29) is 18.9 Å². The van der Waals surface area contributed by atoms with Crippen molar-refractivity contribution in [3.05, 3.63) is 59.4 Å². The maximum Gasteiger partial charge on any atom is 0.305 e. The van der Waals surface area contributed by atoms with Gasteiger partial charge in [0, 0.05) is 18.3 Å². The number of carboxylic acids is 1. The van der Waals surface area contributed by atoms with Crippen LogP contribution in [-0.2, 0) is 9.59 Å². The lowest BCUT2D eigenvalue weighted by molar-refractivity contribution is -0.136. The number of thioether (sulfide) groups is 1. The number of hydrogen-bond acceptors (Lipinski definition) is 5. The number of amides is 1. The molecule has 24 heavy (non-hydrogen) atoms. The van der Waals surface area contributed by atoms with Crippen LogP contribution in [0.4, 0.5) is 5.69 Å². The average Bonchev–Trinajstić information content (AvgIpc) is 3.19. The Labute approximate surface area is 142 Å². The topological polar surface area (TPSA) is 83.1 Å². The standard InChI is InChI=1S/C17H14N2O4S/c20-15(21)8-9-19(12-5-2-1-3-6-12)17-18-16(22)14(24-17)11-13-7-4-10-23-13/h1-7,10-11H,8-9H2,(H,20,21)/b14-11-. The molecule has 2 heterocycles. The summed E-state index contributed by atoms with van der Waals surface area (Å²) in [4.78, 5) is 29.3. The van der Waals surface area contributed by atoms with Crippen LogP contribution in [-0.4, -0.2) is 28.7 Å². The smallest absolute Gasteiger partial charge is 0.305 e. The normalized spacial score (nSPS) is 15.6. The molecule has 2 aromatic rings. The number of aliphatic imine (C=N–C) groups is 1. The number of rotatable bonds is 5. The molecule has 0 fully saturated rings. The molecular weight excluding hydrogens is 328 g/mol. The average molecular weight is 342 g/mol. The minimum absolute atomic E-state index is 0.0557. The Balaban J connectivity index is 1.84. The number of para-hydroxylation sites is 1. The van der Waals surface area contributed by atoms with E-state index in [2.05, 4.69) is 4.99 Å². The van der Waals surface area contributed by atoms with E-state index in [0.29, 0.717) is 15.8 Å². The number of nitrogens with zero attached hydrogens (tertiary/aromatic N) is 2. The Morgan fingerprint density at radius 1 is 1.25 bits per heavy atom. The van der Waals surface area contributed by atoms with Crippen molar-refractivity contribution in [2.45, 2.75) is 6.42 Å². The van der Waals surface area contributed by atoms with Gasteiger partial charge in [-0.3, -0.25) is 9.59 Å². The number of carbonyl (C=O) groups is 2. The summed E-state index contributed by atoms with van der Waals surface area (Å²) in [5, 5.41) is 9.43. The fraction of sp³-hybridized carbons (Fsp3) is 0.118. The molecule has 0 aliphatic carbocycles. The molecule has 6 nitrogen and oxygen atoms in total. The molecule has 1 N–H and O–H groups in total. The van der Waals surface area contributed by atoms with Crippen molar-refractivity contribution in [2.75, 3.05) is 11.4 Å². The predicted molar refractivity (Wildman–Crippen MR) is 92.8 cm³/mol. The summed E-state index contributed by atoms with van der Waals surface area (Å²) in [5.41, 5.74) is 0.789. The lowest BCUT2D eigenvalue weighted by Gasteiger charge is -2.22. The monoisotopic (exact) mass is 342 g/mol. The minimum Gasteiger partial charge on any atom is -0.481 e. The van der Waals surface area contributed by atoms with Crippen LogP contribution in [0.2, 0.25) is 0 Å². The third kappa shape index (κ3) is 3.75. The lowest BCUT2D eigenvalue weighted by Crippen LogP contribution is -2.30. The van der Waals surface area contributed by atoms with Crippen LogP contribution >= 0.6 is 11.8 Å². The molecule has 3 rings (SSSR count). The number of hydrogen-bond donors (Lipinski definition) is 1. The number of furan rings is 1. The Bertz CT molecular complexity index is 797. The van der Waals surface area contributed by atoms with Crippen LogP contribution in [0.1, 0.15) is 12.2 Å². The highest BCUT2D eigenvalue weighted by Gasteiger charge is 2.27. The summed E-state index contributed by atoms with van der Waals surface area (Å²) < 4.78 is 5.22. The zero-order valence-corrected chi connectivity index (χ0v) is 13.4. The third-order valence-electron chi connectivity index (χ3n) is 3.27. The number of amidine groups is 1. The van der Waals surface area contributed by atoms with Gasteiger partial charge in [0.05, 0.1) is 17.6 Å². The van der Waals surface area contributed by atoms with E-state index in [0.717, 1.165) is 5.69 Å². The van der Waals surface area contributed by atoms with Crippen molar-refractivity contribution in [1.29, 1.82) is 0 Å². The molecule has 0 radical (unpaired) electrons. The Morgan fingerprint density at radius 3 is 2.71 bits per heavy atom. The highest BCUT2D eigenvalue weighted by Crippen LogP contribution is 2.32. The van der Waals surface area contributed by atoms with E-state index in [1.54, 1.807) is 23.1 Å². The molecule has 1 aliphatic rings. The first-order chi connectivity index (χ1) is 11.6. The van der Waals surface area contributed by atoms with Gasteiger partial charge >= 0.3 is 5.97 Å². The predicted octanol–water partition coefficient (Wildman–Crippen LogP) is 3.23. The van der Waals surface area contributed by atoms with Gasteiger partial charge < -0.3 is 14.4 Å². The Kier molecular flexibility index (Phi) is 4.81. The molecule has 0 bridgehead atoms. The quantitative estimate of drug-likeness (QED) is 0.840. The van der Waals surface area contributed by atoms with Gasteiger partial charge in [-0.25, -0.2) is 0 Å². The number of carboxylic acid groups (broad SMARTS) is 1. The van der Waals surface area contributed by atoms with Gasteiger partial charge in [-0.15, -0.1) is 0 Å². The summed E-state index contributed by atoms with van der Waals surface area (Å²) in [6.07, 6.45) is 3.10. The van der Waals surface area contributed by atoms with Crippen molar-refractivity contribution in [3.63, 3.8) is 0 Å². The molecule has 0 unspecified atom stereocenters. The molecule has 122 valence electrons. The maximum atomic E-state index is 12.1. The Hall–Kier alpha value is -2.80. The number of carbonyl (C=O) groups excluding carboxylic acids is 1. The molecule has 0 atom stereocenters. The molecule has 1 amide bonds. The summed E-state index contributed by atoms with van der Waals surface area (Å²) in [6.45, 7) is 0.229.